The van der Waals surface area contributed by atoms with E-state index in [1.165, 1.54) is 18.2 Å². The van der Waals surface area contributed by atoms with Gasteiger partial charge in [-0.3, -0.25) is 4.79 Å². The highest BCUT2D eigenvalue weighted by Gasteiger charge is 2.16. The number of methoxy groups -OCH3 is 1. The Labute approximate surface area is 104 Å². The van der Waals surface area contributed by atoms with E-state index in [2.05, 4.69) is 10.1 Å². The second-order valence-electron chi connectivity index (χ2n) is 3.61. The van der Waals surface area contributed by atoms with Gasteiger partial charge in [-0.2, -0.15) is 0 Å². The van der Waals surface area contributed by atoms with Gasteiger partial charge in [-0.1, -0.05) is 18.2 Å². The largest absolute Gasteiger partial charge is 0.467 e. The molecule has 1 rings (SSSR count). The first-order valence-electron chi connectivity index (χ1n) is 5.30. The highest BCUT2D eigenvalue weighted by Crippen LogP contribution is 2.06. The molecule has 0 heterocycles. The van der Waals surface area contributed by atoms with E-state index < -0.39 is 23.8 Å². The molecule has 0 fully saturated rings. The normalized spacial score (nSPS) is 11.7. The number of aliphatic hydroxyl groups excluding tert-OH is 1. The predicted octanol–water partition coefficient (Wildman–Crippen LogP) is 0.0183. The Kier molecular flexibility index (Phi) is 5.26. The molecular formula is C12H14FNO4. The summed E-state index contributed by atoms with van der Waals surface area (Å²) in [6, 6.07) is 5.89. The number of carbonyl (C=O) groups is 2. The lowest BCUT2D eigenvalue weighted by Gasteiger charge is -2.09. The molecule has 0 aromatic heterocycles. The Morgan fingerprint density at radius 3 is 2.72 bits per heavy atom. The summed E-state index contributed by atoms with van der Waals surface area (Å²) < 4.78 is 17.5. The maximum atomic E-state index is 13.2. The van der Waals surface area contributed by atoms with Gasteiger partial charge in [-0.15, -0.1) is 0 Å². The zero-order valence-corrected chi connectivity index (χ0v) is 9.85. The van der Waals surface area contributed by atoms with Crippen LogP contribution in [0.3, 0.4) is 0 Å². The van der Waals surface area contributed by atoms with Crippen molar-refractivity contribution in [1.82, 2.24) is 5.32 Å². The molecule has 1 amide bonds. The number of nitrogens with one attached hydrogen (secondary N) is 1. The molecule has 0 aliphatic carbocycles. The Hall–Kier alpha value is -1.95. The zero-order valence-electron chi connectivity index (χ0n) is 9.85. The Balaban J connectivity index is 2.43. The van der Waals surface area contributed by atoms with Crippen molar-refractivity contribution in [2.45, 2.75) is 12.5 Å². The third-order valence-electron chi connectivity index (χ3n) is 2.27. The molecule has 1 aromatic rings. The summed E-state index contributed by atoms with van der Waals surface area (Å²) >= 11 is 0. The standard InChI is InChI=1S/C12H14FNO4/c1-18-12(17)10(15)7-14-11(16)6-8-4-2-3-5-9(8)13/h2-5,10,15H,6-7H2,1H3,(H,14,16). The minimum atomic E-state index is -1.42. The lowest BCUT2D eigenvalue weighted by molar-refractivity contribution is -0.150. The van der Waals surface area contributed by atoms with Crippen molar-refractivity contribution in [3.63, 3.8) is 0 Å². The van der Waals surface area contributed by atoms with Crippen LogP contribution in [-0.2, 0) is 20.7 Å². The van der Waals surface area contributed by atoms with E-state index >= 15 is 0 Å². The second-order valence-corrected chi connectivity index (χ2v) is 3.61. The first-order valence-corrected chi connectivity index (χ1v) is 5.30. The van der Waals surface area contributed by atoms with Gasteiger partial charge >= 0.3 is 5.97 Å². The predicted molar refractivity (Wildman–Crippen MR) is 61.1 cm³/mol. The quantitative estimate of drug-likeness (QED) is 0.727. The molecule has 0 spiro atoms. The van der Waals surface area contributed by atoms with Gasteiger partial charge < -0.3 is 15.2 Å². The second kappa shape index (κ2) is 6.70. The molecule has 2 N–H and O–H groups in total. The van der Waals surface area contributed by atoms with Gasteiger partial charge in [0.05, 0.1) is 20.1 Å². The topological polar surface area (TPSA) is 75.6 Å². The Bertz CT molecular complexity index is 436. The number of hydrogen-bond acceptors (Lipinski definition) is 4. The lowest BCUT2D eigenvalue weighted by atomic mass is 10.1. The molecule has 1 aromatic carbocycles. The van der Waals surface area contributed by atoms with E-state index in [9.17, 15) is 19.1 Å². The van der Waals surface area contributed by atoms with Crippen molar-refractivity contribution in [2.24, 2.45) is 0 Å². The Morgan fingerprint density at radius 1 is 1.44 bits per heavy atom. The molecule has 98 valence electrons. The fourth-order valence-electron chi connectivity index (χ4n) is 1.31. The minimum Gasteiger partial charge on any atom is -0.467 e. The van der Waals surface area contributed by atoms with E-state index in [-0.39, 0.29) is 18.5 Å². The van der Waals surface area contributed by atoms with E-state index in [0.29, 0.717) is 0 Å². The van der Waals surface area contributed by atoms with Crippen molar-refractivity contribution in [3.8, 4) is 0 Å². The van der Waals surface area contributed by atoms with E-state index in [1.54, 1.807) is 6.07 Å². The van der Waals surface area contributed by atoms with Gasteiger partial charge in [0.15, 0.2) is 6.10 Å². The van der Waals surface area contributed by atoms with Gasteiger partial charge in [0.25, 0.3) is 0 Å². The molecule has 1 unspecified atom stereocenters. The molecule has 1 atom stereocenters. The van der Waals surface area contributed by atoms with E-state index in [1.807, 2.05) is 0 Å². The molecule has 18 heavy (non-hydrogen) atoms. The van der Waals surface area contributed by atoms with Crippen LogP contribution in [0, 0.1) is 5.82 Å². The van der Waals surface area contributed by atoms with Crippen LogP contribution in [0.1, 0.15) is 5.56 Å². The first kappa shape index (κ1) is 14.1. The van der Waals surface area contributed by atoms with Crippen LogP contribution in [0.2, 0.25) is 0 Å². The smallest absolute Gasteiger partial charge is 0.336 e. The van der Waals surface area contributed by atoms with Crippen LogP contribution in [0.5, 0.6) is 0 Å². The summed E-state index contributed by atoms with van der Waals surface area (Å²) in [5, 5.41) is 11.5. The number of ether oxygens (including phenoxy) is 1. The summed E-state index contributed by atoms with van der Waals surface area (Å²) in [7, 11) is 1.13. The van der Waals surface area contributed by atoms with Crippen LogP contribution < -0.4 is 5.32 Å². The molecular weight excluding hydrogens is 241 g/mol. The third-order valence-corrected chi connectivity index (χ3v) is 2.27. The van der Waals surface area contributed by atoms with Crippen molar-refractivity contribution in [2.75, 3.05) is 13.7 Å². The first-order chi connectivity index (χ1) is 8.54. The van der Waals surface area contributed by atoms with Gasteiger partial charge in [-0.25, -0.2) is 9.18 Å². The summed E-state index contributed by atoms with van der Waals surface area (Å²) in [4.78, 5) is 22.3. The van der Waals surface area contributed by atoms with Crippen molar-refractivity contribution >= 4 is 11.9 Å². The SMILES string of the molecule is COC(=O)C(O)CNC(=O)Cc1ccccc1F. The number of rotatable bonds is 5. The summed E-state index contributed by atoms with van der Waals surface area (Å²) in [5.41, 5.74) is 0.252. The van der Waals surface area contributed by atoms with Crippen LogP contribution in [0.25, 0.3) is 0 Å². The Morgan fingerprint density at radius 2 is 2.11 bits per heavy atom. The van der Waals surface area contributed by atoms with Gasteiger partial charge in [0.2, 0.25) is 5.91 Å². The third kappa shape index (κ3) is 4.14. The number of carbonyl (C=O) groups excluding carboxylic acids is 2. The monoisotopic (exact) mass is 255 g/mol. The number of amides is 1. The number of halogens is 1. The number of aliphatic hydroxyl groups is 1. The maximum absolute atomic E-state index is 13.2. The zero-order chi connectivity index (χ0) is 13.5. The van der Waals surface area contributed by atoms with Crippen LogP contribution in [0.15, 0.2) is 24.3 Å². The van der Waals surface area contributed by atoms with Crippen LogP contribution in [-0.4, -0.2) is 36.7 Å². The molecule has 0 bridgehead atoms. The molecule has 0 saturated carbocycles. The molecule has 0 aliphatic rings. The summed E-state index contributed by atoms with van der Waals surface area (Å²) in [5.74, 6) is -1.79. The molecule has 6 heteroatoms. The van der Waals surface area contributed by atoms with Crippen molar-refractivity contribution in [3.05, 3.63) is 35.6 Å². The number of esters is 1. The fraction of sp³-hybridized carbons (Fsp3) is 0.333. The molecule has 0 saturated heterocycles. The average Bonchev–Trinajstić information content (AvgIpc) is 2.37. The maximum Gasteiger partial charge on any atom is 0.336 e. The molecule has 0 aliphatic heterocycles. The fourth-order valence-corrected chi connectivity index (χ4v) is 1.31. The molecule has 5 nitrogen and oxygen atoms in total. The van der Waals surface area contributed by atoms with E-state index in [0.717, 1.165) is 7.11 Å². The van der Waals surface area contributed by atoms with E-state index in [4.69, 9.17) is 0 Å². The van der Waals surface area contributed by atoms with Crippen LogP contribution >= 0.6 is 0 Å². The minimum absolute atomic E-state index is 0.152. The highest BCUT2D eigenvalue weighted by molar-refractivity contribution is 5.80. The summed E-state index contributed by atoms with van der Waals surface area (Å²) in [6.45, 7) is -0.264. The van der Waals surface area contributed by atoms with Gasteiger partial charge in [0.1, 0.15) is 5.82 Å². The van der Waals surface area contributed by atoms with Gasteiger partial charge in [0, 0.05) is 0 Å². The lowest BCUT2D eigenvalue weighted by Crippen LogP contribution is -2.37. The summed E-state index contributed by atoms with van der Waals surface area (Å²) in [6.07, 6.45) is -1.57. The van der Waals surface area contributed by atoms with Gasteiger partial charge in [-0.05, 0) is 11.6 Å². The van der Waals surface area contributed by atoms with Crippen molar-refractivity contribution < 1.29 is 23.8 Å². The van der Waals surface area contributed by atoms with Crippen LogP contribution in [0.4, 0.5) is 4.39 Å². The number of benzene rings is 1. The number of hydrogen-bond donors (Lipinski definition) is 2. The average molecular weight is 255 g/mol. The molecule has 0 radical (unpaired) electrons. The highest BCUT2D eigenvalue weighted by atomic mass is 19.1. The van der Waals surface area contributed by atoms with Crippen molar-refractivity contribution in [1.29, 1.82) is 0 Å².